The van der Waals surface area contributed by atoms with Crippen molar-refractivity contribution in [2.24, 2.45) is 0 Å². The number of halogens is 2. The van der Waals surface area contributed by atoms with E-state index in [0.717, 1.165) is 5.56 Å². The summed E-state index contributed by atoms with van der Waals surface area (Å²) in [7, 11) is 0. The van der Waals surface area contributed by atoms with Crippen LogP contribution in [0.4, 0.5) is 8.78 Å². The lowest BCUT2D eigenvalue weighted by atomic mass is 9.98. The number of amides is 1. The maximum Gasteiger partial charge on any atom is 0.251 e. The molecule has 0 saturated carbocycles. The Balaban J connectivity index is 2.19. The number of fused-ring (bicyclic) bond motifs is 1. The van der Waals surface area contributed by atoms with E-state index >= 15 is 0 Å². The zero-order valence-corrected chi connectivity index (χ0v) is 10.3. The number of benzene rings is 2. The van der Waals surface area contributed by atoms with Crippen molar-refractivity contribution in [2.45, 2.75) is 13.5 Å². The maximum absolute atomic E-state index is 13.9. The average Bonchev–Trinajstić information content (AvgIpc) is 2.70. The molecule has 1 amide bonds. The molecule has 3 rings (SSSR count). The van der Waals surface area contributed by atoms with Gasteiger partial charge in [-0.1, -0.05) is 12.1 Å². The van der Waals surface area contributed by atoms with Crippen molar-refractivity contribution >= 4 is 5.91 Å². The highest BCUT2D eigenvalue weighted by atomic mass is 19.1. The quantitative estimate of drug-likeness (QED) is 0.837. The molecule has 2 nitrogen and oxygen atoms in total. The van der Waals surface area contributed by atoms with Crippen LogP contribution < -0.4 is 5.32 Å². The minimum Gasteiger partial charge on any atom is -0.348 e. The standard InChI is InChI=1S/C15H11F2NO/c1-8-4-12(16)14(13(17)5-8)9-2-3-10-7-18-15(19)11(10)6-9/h2-6H,7H2,1H3,(H,18,19). The van der Waals surface area contributed by atoms with Gasteiger partial charge in [0.2, 0.25) is 0 Å². The van der Waals surface area contributed by atoms with Crippen molar-refractivity contribution in [3.05, 3.63) is 58.7 Å². The van der Waals surface area contributed by atoms with Gasteiger partial charge in [0.25, 0.3) is 5.91 Å². The summed E-state index contributed by atoms with van der Waals surface area (Å²) < 4.78 is 27.8. The smallest absolute Gasteiger partial charge is 0.251 e. The first kappa shape index (κ1) is 11.8. The molecule has 1 aliphatic rings. The number of hydrogen-bond donors (Lipinski definition) is 1. The van der Waals surface area contributed by atoms with Crippen molar-refractivity contribution < 1.29 is 13.6 Å². The minimum absolute atomic E-state index is 0.0897. The zero-order chi connectivity index (χ0) is 13.6. The first-order valence-electron chi connectivity index (χ1n) is 5.93. The second-order valence-corrected chi connectivity index (χ2v) is 4.66. The first-order chi connectivity index (χ1) is 9.06. The predicted octanol–water partition coefficient (Wildman–Crippen LogP) is 3.18. The maximum atomic E-state index is 13.9. The van der Waals surface area contributed by atoms with Gasteiger partial charge in [0.15, 0.2) is 0 Å². The van der Waals surface area contributed by atoms with Crippen molar-refractivity contribution in [1.29, 1.82) is 0 Å². The van der Waals surface area contributed by atoms with E-state index < -0.39 is 11.6 Å². The van der Waals surface area contributed by atoms with Crippen LogP contribution in [-0.4, -0.2) is 5.91 Å². The summed E-state index contributed by atoms with van der Waals surface area (Å²) in [5.41, 5.74) is 2.15. The lowest BCUT2D eigenvalue weighted by Gasteiger charge is -2.08. The van der Waals surface area contributed by atoms with Crippen LogP contribution in [0.25, 0.3) is 11.1 Å². The molecule has 0 aromatic heterocycles. The van der Waals surface area contributed by atoms with Crippen LogP contribution in [0.3, 0.4) is 0 Å². The lowest BCUT2D eigenvalue weighted by molar-refractivity contribution is 0.0966. The van der Waals surface area contributed by atoms with Crippen molar-refractivity contribution in [3.8, 4) is 11.1 Å². The highest BCUT2D eigenvalue weighted by molar-refractivity contribution is 5.99. The van der Waals surface area contributed by atoms with Crippen molar-refractivity contribution in [3.63, 3.8) is 0 Å². The molecule has 4 heteroatoms. The van der Waals surface area contributed by atoms with Gasteiger partial charge in [-0.15, -0.1) is 0 Å². The molecular formula is C15H11F2NO. The third-order valence-corrected chi connectivity index (χ3v) is 3.27. The molecule has 0 bridgehead atoms. The zero-order valence-electron chi connectivity index (χ0n) is 10.3. The number of hydrogen-bond acceptors (Lipinski definition) is 1. The van der Waals surface area contributed by atoms with Gasteiger partial charge in [0.05, 0.1) is 5.56 Å². The SMILES string of the molecule is Cc1cc(F)c(-c2ccc3c(c2)C(=O)NC3)c(F)c1. The van der Waals surface area contributed by atoms with E-state index in [9.17, 15) is 13.6 Å². The van der Waals surface area contributed by atoms with E-state index in [4.69, 9.17) is 0 Å². The molecule has 1 aliphatic heterocycles. The lowest BCUT2D eigenvalue weighted by Crippen LogP contribution is -2.12. The molecule has 0 aliphatic carbocycles. The van der Waals surface area contributed by atoms with E-state index in [1.54, 1.807) is 19.1 Å². The Bertz CT molecular complexity index is 672. The number of carbonyl (C=O) groups is 1. The van der Waals surface area contributed by atoms with E-state index in [2.05, 4.69) is 5.32 Å². The summed E-state index contributed by atoms with van der Waals surface area (Å²) in [4.78, 5) is 11.6. The van der Waals surface area contributed by atoms with Gasteiger partial charge in [0.1, 0.15) is 11.6 Å². The molecule has 2 aromatic carbocycles. The predicted molar refractivity (Wildman–Crippen MR) is 67.7 cm³/mol. The third-order valence-electron chi connectivity index (χ3n) is 3.27. The highest BCUT2D eigenvalue weighted by Gasteiger charge is 2.21. The Kier molecular flexibility index (Phi) is 2.59. The Morgan fingerprint density at radius 2 is 1.79 bits per heavy atom. The summed E-state index contributed by atoms with van der Waals surface area (Å²) in [6.45, 7) is 2.10. The average molecular weight is 259 g/mol. The summed E-state index contributed by atoms with van der Waals surface area (Å²) >= 11 is 0. The third kappa shape index (κ3) is 1.89. The molecule has 0 spiro atoms. The monoisotopic (exact) mass is 259 g/mol. The Morgan fingerprint density at radius 3 is 2.47 bits per heavy atom. The molecule has 0 fully saturated rings. The van der Waals surface area contributed by atoms with E-state index in [1.807, 2.05) is 0 Å². The largest absolute Gasteiger partial charge is 0.348 e. The number of nitrogens with one attached hydrogen (secondary N) is 1. The van der Waals surface area contributed by atoms with Crippen molar-refractivity contribution in [2.75, 3.05) is 0 Å². The molecule has 0 unspecified atom stereocenters. The normalized spacial score (nSPS) is 13.3. The summed E-state index contributed by atoms with van der Waals surface area (Å²) in [5, 5.41) is 2.68. The molecule has 0 saturated heterocycles. The Morgan fingerprint density at radius 1 is 1.11 bits per heavy atom. The van der Waals surface area contributed by atoms with E-state index in [-0.39, 0.29) is 11.5 Å². The van der Waals surface area contributed by atoms with Crippen molar-refractivity contribution in [1.82, 2.24) is 5.32 Å². The van der Waals surface area contributed by atoms with E-state index in [1.165, 1.54) is 18.2 Å². The second-order valence-electron chi connectivity index (χ2n) is 4.66. The van der Waals surface area contributed by atoms with E-state index in [0.29, 0.717) is 23.2 Å². The van der Waals surface area contributed by atoms with Gasteiger partial charge < -0.3 is 5.32 Å². The van der Waals surface area contributed by atoms with Gasteiger partial charge in [-0.2, -0.15) is 0 Å². The van der Waals surface area contributed by atoms with Gasteiger partial charge >= 0.3 is 0 Å². The number of rotatable bonds is 1. The Hall–Kier alpha value is -2.23. The highest BCUT2D eigenvalue weighted by Crippen LogP contribution is 2.30. The molecule has 1 N–H and O–H groups in total. The van der Waals surface area contributed by atoms with Crippen LogP contribution in [0.5, 0.6) is 0 Å². The van der Waals surface area contributed by atoms with Gasteiger partial charge in [-0.3, -0.25) is 4.79 Å². The van der Waals surface area contributed by atoms with Crippen LogP contribution in [0, 0.1) is 18.6 Å². The topological polar surface area (TPSA) is 29.1 Å². The molecule has 2 aromatic rings. The fraction of sp³-hybridized carbons (Fsp3) is 0.133. The molecule has 0 atom stereocenters. The molecule has 19 heavy (non-hydrogen) atoms. The fourth-order valence-electron chi connectivity index (χ4n) is 2.34. The Labute approximate surface area is 109 Å². The van der Waals surface area contributed by atoms with Gasteiger partial charge in [-0.05, 0) is 41.8 Å². The summed E-state index contributed by atoms with van der Waals surface area (Å²) in [5.74, 6) is -1.43. The number of aryl methyl sites for hydroxylation is 1. The summed E-state index contributed by atoms with van der Waals surface area (Å²) in [6.07, 6.45) is 0. The van der Waals surface area contributed by atoms with Crippen LogP contribution >= 0.6 is 0 Å². The molecule has 1 heterocycles. The van der Waals surface area contributed by atoms with Crippen LogP contribution in [-0.2, 0) is 6.54 Å². The second kappa shape index (κ2) is 4.16. The minimum atomic E-state index is -0.615. The van der Waals surface area contributed by atoms with Crippen LogP contribution in [0.1, 0.15) is 21.5 Å². The van der Waals surface area contributed by atoms with Gasteiger partial charge in [-0.25, -0.2) is 8.78 Å². The number of carbonyl (C=O) groups excluding carboxylic acids is 1. The fourth-order valence-corrected chi connectivity index (χ4v) is 2.34. The van der Waals surface area contributed by atoms with Crippen LogP contribution in [0.2, 0.25) is 0 Å². The van der Waals surface area contributed by atoms with Crippen LogP contribution in [0.15, 0.2) is 30.3 Å². The molecule has 96 valence electrons. The first-order valence-corrected chi connectivity index (χ1v) is 5.93. The molecule has 0 radical (unpaired) electrons. The molecular weight excluding hydrogens is 248 g/mol. The summed E-state index contributed by atoms with van der Waals surface area (Å²) in [6, 6.07) is 7.46. The van der Waals surface area contributed by atoms with Gasteiger partial charge in [0, 0.05) is 12.1 Å².